The Labute approximate surface area is 176 Å². The molecule has 0 unspecified atom stereocenters. The maximum Gasteiger partial charge on any atom is 0.339 e. The molecule has 8 heteroatoms. The zero-order valence-electron chi connectivity index (χ0n) is 14.6. The van der Waals surface area contributed by atoms with Crippen LogP contribution in [-0.4, -0.2) is 8.42 Å². The Balaban J connectivity index is 1.97. The summed E-state index contributed by atoms with van der Waals surface area (Å²) in [5, 5.41) is 0.887. The van der Waals surface area contributed by atoms with Crippen LogP contribution >= 0.6 is 23.2 Å². The van der Waals surface area contributed by atoms with E-state index >= 15 is 0 Å². The van der Waals surface area contributed by atoms with Crippen LogP contribution in [0.2, 0.25) is 10.0 Å². The van der Waals surface area contributed by atoms with Crippen molar-refractivity contribution < 1.29 is 17.0 Å². The van der Waals surface area contributed by atoms with E-state index in [0.717, 1.165) is 0 Å². The van der Waals surface area contributed by atoms with E-state index in [1.165, 1.54) is 24.3 Å². The summed E-state index contributed by atoms with van der Waals surface area (Å²) in [6.45, 7) is 0. The van der Waals surface area contributed by atoms with Gasteiger partial charge >= 0.3 is 10.1 Å². The summed E-state index contributed by atoms with van der Waals surface area (Å²) in [6, 6.07) is 18.4. The number of hydrogen-bond donors (Lipinski definition) is 0. The number of fused-ring (bicyclic) bond motifs is 1. The van der Waals surface area contributed by atoms with E-state index in [1.54, 1.807) is 48.5 Å². The van der Waals surface area contributed by atoms with E-state index in [0.29, 0.717) is 15.6 Å². The van der Waals surface area contributed by atoms with Crippen molar-refractivity contribution in [1.29, 1.82) is 0 Å². The highest BCUT2D eigenvalue weighted by atomic mass is 35.5. The van der Waals surface area contributed by atoms with Gasteiger partial charge in [-0.25, -0.2) is 0 Å². The molecule has 0 atom stereocenters. The second kappa shape index (κ2) is 7.55. The molecule has 4 rings (SSSR count). The molecule has 0 spiro atoms. The van der Waals surface area contributed by atoms with Gasteiger partial charge in [-0.15, -0.1) is 0 Å². The normalized spacial score (nSPS) is 11.5. The van der Waals surface area contributed by atoms with Gasteiger partial charge in [0.1, 0.15) is 10.5 Å². The van der Waals surface area contributed by atoms with Crippen molar-refractivity contribution >= 4 is 44.3 Å². The molecule has 1 heterocycles. The van der Waals surface area contributed by atoms with Gasteiger partial charge in [-0.05, 0) is 54.6 Å². The summed E-state index contributed by atoms with van der Waals surface area (Å²) >= 11 is 11.9. The number of benzene rings is 3. The first-order valence-electron chi connectivity index (χ1n) is 8.37. The minimum absolute atomic E-state index is 0.0269. The Morgan fingerprint density at radius 1 is 0.828 bits per heavy atom. The highest BCUT2D eigenvalue weighted by Crippen LogP contribution is 2.33. The second-order valence-electron chi connectivity index (χ2n) is 6.09. The van der Waals surface area contributed by atoms with Crippen LogP contribution in [0.25, 0.3) is 22.3 Å². The van der Waals surface area contributed by atoms with Gasteiger partial charge in [-0.2, -0.15) is 8.42 Å². The third-order valence-corrected chi connectivity index (χ3v) is 5.86. The maximum absolute atomic E-state index is 13.1. The predicted octanol–water partition coefficient (Wildman–Crippen LogP) is 5.53. The van der Waals surface area contributed by atoms with Crippen molar-refractivity contribution in [1.82, 2.24) is 0 Å². The van der Waals surface area contributed by atoms with Crippen LogP contribution in [0.3, 0.4) is 0 Å². The summed E-state index contributed by atoms with van der Waals surface area (Å²) < 4.78 is 36.6. The lowest BCUT2D eigenvalue weighted by Gasteiger charge is -2.12. The van der Waals surface area contributed by atoms with Gasteiger partial charge in [0, 0.05) is 15.6 Å². The van der Waals surface area contributed by atoms with Gasteiger partial charge in [-0.1, -0.05) is 41.4 Å². The maximum atomic E-state index is 13.1. The third kappa shape index (κ3) is 3.87. The van der Waals surface area contributed by atoms with E-state index in [-0.39, 0.29) is 21.6 Å². The number of halogens is 2. The van der Waals surface area contributed by atoms with Crippen molar-refractivity contribution in [3.63, 3.8) is 0 Å². The fourth-order valence-electron chi connectivity index (χ4n) is 2.76. The Morgan fingerprint density at radius 2 is 1.48 bits per heavy atom. The molecule has 29 heavy (non-hydrogen) atoms. The van der Waals surface area contributed by atoms with E-state index < -0.39 is 21.3 Å². The summed E-state index contributed by atoms with van der Waals surface area (Å²) in [4.78, 5) is 13.0. The molecule has 4 aromatic rings. The fraction of sp³-hybridized carbons (Fsp3) is 0. The van der Waals surface area contributed by atoms with Gasteiger partial charge in [0.05, 0.1) is 5.39 Å². The van der Waals surface area contributed by atoms with E-state index in [2.05, 4.69) is 0 Å². The van der Waals surface area contributed by atoms with Crippen LogP contribution in [0.4, 0.5) is 0 Å². The van der Waals surface area contributed by atoms with Crippen LogP contribution in [0.1, 0.15) is 0 Å². The lowest BCUT2D eigenvalue weighted by atomic mass is 10.1. The summed E-state index contributed by atoms with van der Waals surface area (Å²) in [7, 11) is -4.27. The highest BCUT2D eigenvalue weighted by Gasteiger charge is 2.25. The minimum Gasteiger partial charge on any atom is -0.452 e. The average molecular weight is 447 g/mol. The molecule has 1 aromatic heterocycles. The van der Waals surface area contributed by atoms with Gasteiger partial charge in [0.2, 0.25) is 11.2 Å². The van der Waals surface area contributed by atoms with Gasteiger partial charge in [0.15, 0.2) is 5.76 Å². The van der Waals surface area contributed by atoms with Gasteiger partial charge < -0.3 is 8.60 Å². The SMILES string of the molecule is O=c1c(OS(=O)(=O)c2ccccc2)c(-c2ccc(Cl)cc2)oc2ccc(Cl)cc12. The monoisotopic (exact) mass is 446 g/mol. The lowest BCUT2D eigenvalue weighted by molar-refractivity contribution is 0.472. The molecule has 0 N–H and O–H groups in total. The molecule has 5 nitrogen and oxygen atoms in total. The Hall–Kier alpha value is -2.80. The molecular formula is C21H12Cl2O5S. The van der Waals surface area contributed by atoms with Crippen molar-refractivity contribution in [3.8, 4) is 17.1 Å². The molecule has 0 amide bonds. The van der Waals surface area contributed by atoms with Crippen LogP contribution < -0.4 is 9.61 Å². The quantitative estimate of drug-likeness (QED) is 0.385. The van der Waals surface area contributed by atoms with Crippen molar-refractivity contribution in [3.05, 3.63) is 93.1 Å². The highest BCUT2D eigenvalue weighted by molar-refractivity contribution is 7.87. The molecule has 0 saturated carbocycles. The standard InChI is InChI=1S/C21H12Cl2O5S/c22-14-8-6-13(7-9-14)20-21(28-29(25,26)16-4-2-1-3-5-16)19(24)17-12-15(23)10-11-18(17)27-20/h1-12H. The predicted molar refractivity (Wildman–Crippen MR) is 112 cm³/mol. The Bertz CT molecular complexity index is 1360. The van der Waals surface area contributed by atoms with E-state index in [1.807, 2.05) is 0 Å². The molecule has 0 aliphatic rings. The molecule has 0 aliphatic heterocycles. The van der Waals surface area contributed by atoms with Crippen molar-refractivity contribution in [2.45, 2.75) is 4.90 Å². The van der Waals surface area contributed by atoms with Crippen LogP contribution in [0.15, 0.2) is 86.9 Å². The summed E-state index contributed by atoms with van der Waals surface area (Å²) in [5.41, 5.74) is 0.0219. The zero-order chi connectivity index (χ0) is 20.6. The largest absolute Gasteiger partial charge is 0.452 e. The molecule has 0 radical (unpaired) electrons. The second-order valence-corrected chi connectivity index (χ2v) is 8.51. The topological polar surface area (TPSA) is 73.6 Å². The first-order valence-corrected chi connectivity index (χ1v) is 10.5. The average Bonchev–Trinajstić information content (AvgIpc) is 2.72. The molecule has 0 fully saturated rings. The molecule has 0 saturated heterocycles. The van der Waals surface area contributed by atoms with Crippen molar-refractivity contribution in [2.24, 2.45) is 0 Å². The molecular weight excluding hydrogens is 435 g/mol. The Morgan fingerprint density at radius 3 is 2.17 bits per heavy atom. The van der Waals surface area contributed by atoms with Crippen LogP contribution in [0.5, 0.6) is 5.75 Å². The number of rotatable bonds is 4. The zero-order valence-corrected chi connectivity index (χ0v) is 17.0. The summed E-state index contributed by atoms with van der Waals surface area (Å²) in [5.74, 6) is -0.480. The first kappa shape index (κ1) is 19.5. The van der Waals surface area contributed by atoms with Crippen LogP contribution in [0, 0.1) is 0 Å². The molecule has 0 aliphatic carbocycles. The van der Waals surface area contributed by atoms with Gasteiger partial charge in [0.25, 0.3) is 0 Å². The smallest absolute Gasteiger partial charge is 0.339 e. The third-order valence-electron chi connectivity index (χ3n) is 4.14. The summed E-state index contributed by atoms with van der Waals surface area (Å²) in [6.07, 6.45) is 0. The van der Waals surface area contributed by atoms with Crippen molar-refractivity contribution in [2.75, 3.05) is 0 Å². The minimum atomic E-state index is -4.27. The van der Waals surface area contributed by atoms with Crippen LogP contribution in [-0.2, 0) is 10.1 Å². The van der Waals surface area contributed by atoms with E-state index in [9.17, 15) is 13.2 Å². The van der Waals surface area contributed by atoms with E-state index in [4.69, 9.17) is 31.8 Å². The van der Waals surface area contributed by atoms with Gasteiger partial charge in [-0.3, -0.25) is 4.79 Å². The first-order chi connectivity index (χ1) is 13.8. The number of hydrogen-bond acceptors (Lipinski definition) is 5. The molecule has 146 valence electrons. The molecule has 0 bridgehead atoms. The Kier molecular flexibility index (Phi) is 5.08. The molecule has 3 aromatic carbocycles. The fourth-order valence-corrected chi connectivity index (χ4v) is 4.02. The lowest BCUT2D eigenvalue weighted by Crippen LogP contribution is -2.16.